The van der Waals surface area contributed by atoms with Crippen molar-refractivity contribution < 1.29 is 4.57 Å². The van der Waals surface area contributed by atoms with Crippen LogP contribution in [0.1, 0.15) is 30.1 Å². The van der Waals surface area contributed by atoms with Crippen molar-refractivity contribution in [3.8, 4) is 24.3 Å². The molecule has 0 saturated carbocycles. The van der Waals surface area contributed by atoms with Crippen LogP contribution in [0.25, 0.3) is 27.7 Å². The van der Waals surface area contributed by atoms with Gasteiger partial charge in [-0.15, -0.1) is 0 Å². The molecule has 12 heteroatoms. The molecule has 10 nitrogen and oxygen atoms in total. The van der Waals surface area contributed by atoms with Gasteiger partial charge in [0, 0.05) is 59.7 Å². The van der Waals surface area contributed by atoms with Crippen molar-refractivity contribution in [3.05, 3.63) is 181 Å². The van der Waals surface area contributed by atoms with Crippen LogP contribution in [0.15, 0.2) is 153 Å². The van der Waals surface area contributed by atoms with E-state index in [1.807, 2.05) is 119 Å². The maximum atomic E-state index is 9.63. The molecular formula is C48H50N10Si2. The van der Waals surface area contributed by atoms with Crippen LogP contribution in [0.2, 0.25) is 39.3 Å². The summed E-state index contributed by atoms with van der Waals surface area (Å²) in [6, 6.07) is 43.2. The number of pyridine rings is 5. The zero-order valence-electron chi connectivity index (χ0n) is 34.4. The molecule has 0 spiro atoms. The monoisotopic (exact) mass is 822 g/mol. The van der Waals surface area contributed by atoms with Crippen LogP contribution in [-0.2, 0) is 0 Å². The topological polar surface area (TPSA) is 147 Å². The molecule has 300 valence electrons. The Labute approximate surface area is 355 Å². The molecule has 0 bridgehead atoms. The van der Waals surface area contributed by atoms with Crippen molar-refractivity contribution in [3.63, 3.8) is 0 Å². The summed E-state index contributed by atoms with van der Waals surface area (Å²) in [7, 11) is -3.03. The van der Waals surface area contributed by atoms with Gasteiger partial charge in [-0.05, 0) is 89.6 Å². The van der Waals surface area contributed by atoms with Crippen LogP contribution in [0.5, 0.6) is 0 Å². The molecule has 0 saturated heterocycles. The van der Waals surface area contributed by atoms with Crippen LogP contribution in [0, 0.1) is 52.2 Å². The first-order valence-corrected chi connectivity index (χ1v) is 25.8. The van der Waals surface area contributed by atoms with Crippen LogP contribution < -0.4 is 14.9 Å². The number of allylic oxidation sites excluding steroid dienone is 1. The van der Waals surface area contributed by atoms with Gasteiger partial charge in [-0.25, -0.2) is 0 Å². The summed E-state index contributed by atoms with van der Waals surface area (Å²) < 4.78 is 7.33. The molecule has 0 amide bonds. The molecule has 8 heterocycles. The summed E-state index contributed by atoms with van der Waals surface area (Å²) in [6.07, 6.45) is 12.6. The van der Waals surface area contributed by atoms with E-state index in [0.717, 1.165) is 22.3 Å². The summed E-state index contributed by atoms with van der Waals surface area (Å²) >= 11 is 0. The highest BCUT2D eigenvalue weighted by Gasteiger charge is 2.34. The van der Waals surface area contributed by atoms with Gasteiger partial charge in [0.1, 0.15) is 35.3 Å². The lowest BCUT2D eigenvalue weighted by molar-refractivity contribution is -0.575. The maximum absolute atomic E-state index is 9.63. The smallest absolute Gasteiger partial charge is 0.309 e. The second kappa shape index (κ2) is 21.8. The first kappa shape index (κ1) is 46.8. The van der Waals surface area contributed by atoms with E-state index in [-0.39, 0.29) is 13.1 Å². The number of fused-ring (bicyclic) bond motifs is 3. The minimum atomic E-state index is -1.54. The second-order valence-corrected chi connectivity index (χ2v) is 25.2. The molecule has 0 N–H and O–H groups in total. The van der Waals surface area contributed by atoms with E-state index in [0.29, 0.717) is 11.4 Å². The Balaban J connectivity index is 0.000000208. The van der Waals surface area contributed by atoms with Gasteiger partial charge in [-0.1, -0.05) is 77.0 Å². The Bertz CT molecular complexity index is 2830. The zero-order chi connectivity index (χ0) is 43.0. The number of rotatable bonds is 3. The van der Waals surface area contributed by atoms with E-state index >= 15 is 0 Å². The quantitative estimate of drug-likeness (QED) is 0.0755. The molecule has 8 aromatic heterocycles. The molecule has 0 aromatic carbocycles. The predicted octanol–water partition coefficient (Wildman–Crippen LogP) is 9.13. The molecule has 0 fully saturated rings. The van der Waals surface area contributed by atoms with Gasteiger partial charge in [0.05, 0.1) is 16.1 Å². The lowest BCUT2D eigenvalue weighted by atomic mass is 10.3. The molecule has 0 radical (unpaired) electrons. The van der Waals surface area contributed by atoms with Crippen LogP contribution in [0.3, 0.4) is 0 Å². The van der Waals surface area contributed by atoms with Crippen molar-refractivity contribution in [1.82, 2.24) is 18.2 Å². The van der Waals surface area contributed by atoms with Crippen LogP contribution >= 0.6 is 0 Å². The maximum Gasteiger partial charge on any atom is 0.309 e. The largest absolute Gasteiger partial charge is 0.757 e. The van der Waals surface area contributed by atoms with Crippen LogP contribution in [0.4, 0.5) is 0 Å². The molecule has 0 atom stereocenters. The Kier molecular flexibility index (Phi) is 17.0. The number of nitrogens with zero attached hydrogens (tertiary/aromatic N) is 10. The lowest BCUT2D eigenvalue weighted by Crippen LogP contribution is -2.55. The fourth-order valence-electron chi connectivity index (χ4n) is 6.37. The Hall–Kier alpha value is -7.58. The lowest BCUT2D eigenvalue weighted by Gasteiger charge is -2.24. The molecule has 0 aliphatic carbocycles. The van der Waals surface area contributed by atoms with E-state index in [1.54, 1.807) is 48.9 Å². The summed E-state index contributed by atoms with van der Waals surface area (Å²) in [5.74, 6) is 1.79. The van der Waals surface area contributed by atoms with Gasteiger partial charge in [0.25, 0.3) is 0 Å². The fraction of sp³-hybridized carbons (Fsp3) is 0.167. The fourth-order valence-corrected chi connectivity index (χ4v) is 12.2. The first-order valence-electron chi connectivity index (χ1n) is 18.8. The van der Waals surface area contributed by atoms with Gasteiger partial charge in [-0.3, -0.25) is 4.98 Å². The van der Waals surface area contributed by atoms with Crippen molar-refractivity contribution >= 4 is 54.6 Å². The van der Waals surface area contributed by atoms with Crippen molar-refractivity contribution in [1.29, 1.82) is 21.0 Å². The third-order valence-corrected chi connectivity index (χ3v) is 13.1. The molecule has 60 heavy (non-hydrogen) atoms. The van der Waals surface area contributed by atoms with E-state index in [1.165, 1.54) is 20.5 Å². The molecule has 8 aromatic rings. The molecule has 8 rings (SSSR count). The normalized spacial score (nSPS) is 10.1. The summed E-state index contributed by atoms with van der Waals surface area (Å²) in [5.41, 5.74) is 6.88. The van der Waals surface area contributed by atoms with Crippen LogP contribution in [-0.4, -0.2) is 40.2 Å². The highest BCUT2D eigenvalue weighted by Crippen LogP contribution is 2.17. The average Bonchev–Trinajstić information content (AvgIpc) is 3.95. The van der Waals surface area contributed by atoms with Gasteiger partial charge in [0.2, 0.25) is 0 Å². The third-order valence-electron chi connectivity index (χ3n) is 8.87. The minimum Gasteiger partial charge on any atom is -0.757 e. The van der Waals surface area contributed by atoms with Crippen molar-refractivity contribution in [2.45, 2.75) is 53.6 Å². The number of aromatic nitrogens is 5. The highest BCUT2D eigenvalue weighted by atomic mass is 28.3. The Morgan fingerprint density at radius 2 is 1.15 bits per heavy atom. The molecule has 0 unspecified atom stereocenters. The summed E-state index contributed by atoms with van der Waals surface area (Å²) in [6.45, 7) is 16.2. The number of hydrogen-bond donors (Lipinski definition) is 0. The van der Waals surface area contributed by atoms with E-state index < -0.39 is 16.1 Å². The molecule has 0 aliphatic rings. The number of aryl methyl sites for hydroxylation is 1. The summed E-state index contributed by atoms with van der Waals surface area (Å²) in [4.78, 5) is 3.78. The second-order valence-electron chi connectivity index (χ2n) is 15.2. The Morgan fingerprint density at radius 1 is 0.600 bits per heavy atom. The molecular weight excluding hydrogens is 773 g/mol. The third kappa shape index (κ3) is 11.7. The summed E-state index contributed by atoms with van der Waals surface area (Å²) in [5, 5.41) is 46.8. The predicted molar refractivity (Wildman–Crippen MR) is 248 cm³/mol. The molecule has 0 aliphatic heterocycles. The van der Waals surface area contributed by atoms with Gasteiger partial charge < -0.3 is 18.6 Å². The highest BCUT2D eigenvalue weighted by molar-refractivity contribution is 7.00. The van der Waals surface area contributed by atoms with Gasteiger partial charge in [-0.2, -0.15) is 31.5 Å². The van der Waals surface area contributed by atoms with E-state index in [9.17, 15) is 5.26 Å². The average molecular weight is 823 g/mol. The standard InChI is InChI=1S/C15H22N2Si2.C10H8N2.C9H6N2.C8H5N3.C5H5N.CH4/c1-18(2,3)14-12-9-7-8-10-17(12)13(11-16)15(14)19(4,5)6;1-8-6-9(7-11)12-5-3-2-4-10(8)12;10-7-9-5-4-8-3-1-2-6-11(8)9;9-6-8(7-10)11-4-2-1-3-5-11;1-2-4-6-5-3-1;/h7-10H,1-6H3;2-6H,1H3;1-6H;1-5H;1-5H;1H4. The van der Waals surface area contributed by atoms with Gasteiger partial charge >= 0.3 is 5.70 Å². The number of hydrogen-bond acceptors (Lipinski definition) is 5. The number of nitriles is 4. The minimum absolute atomic E-state index is 0. The van der Waals surface area contributed by atoms with Crippen molar-refractivity contribution in [2.24, 2.45) is 0 Å². The van der Waals surface area contributed by atoms with Crippen molar-refractivity contribution in [2.75, 3.05) is 0 Å². The van der Waals surface area contributed by atoms with E-state index in [4.69, 9.17) is 21.2 Å². The zero-order valence-corrected chi connectivity index (χ0v) is 36.4. The van der Waals surface area contributed by atoms with Gasteiger partial charge in [0.15, 0.2) is 18.5 Å². The Morgan fingerprint density at radius 3 is 1.65 bits per heavy atom. The SMILES string of the molecule is C.C[Si](C)(C)c1c([Si](C)(C)C)c2ccccn2c1C#N.Cc1cc(C#N)n2ccccc12.N#CC(=C=[N-])[n+]1ccccc1.N#Cc1ccc2ccccn12.c1ccncc1. The van der Waals surface area contributed by atoms with E-state index in [2.05, 4.69) is 79.0 Å². The first-order chi connectivity index (χ1) is 28.3.